The van der Waals surface area contributed by atoms with Gasteiger partial charge in [0.2, 0.25) is 0 Å². The fourth-order valence-electron chi connectivity index (χ4n) is 2.90. The molecule has 4 nitrogen and oxygen atoms in total. The zero-order valence-corrected chi connectivity index (χ0v) is 13.1. The molecule has 1 unspecified atom stereocenters. The molecule has 1 fully saturated rings. The molecule has 118 valence electrons. The van der Waals surface area contributed by atoms with Gasteiger partial charge in [-0.15, -0.1) is 0 Å². The Morgan fingerprint density at radius 1 is 1.36 bits per heavy atom. The van der Waals surface area contributed by atoms with Crippen LogP contribution < -0.4 is 4.74 Å². The lowest BCUT2D eigenvalue weighted by molar-refractivity contribution is -0.158. The molecule has 0 aliphatic heterocycles. The Hall–Kier alpha value is -2.10. The minimum atomic E-state index is -0.992. The number of ether oxygens (including phenoxy) is 2. The molecule has 1 saturated carbocycles. The van der Waals surface area contributed by atoms with Gasteiger partial charge < -0.3 is 9.47 Å². The maximum absolute atomic E-state index is 12.2. The summed E-state index contributed by atoms with van der Waals surface area (Å²) in [4.78, 5) is 24.5. The van der Waals surface area contributed by atoms with Crippen LogP contribution in [0.1, 0.15) is 38.2 Å². The van der Waals surface area contributed by atoms with Crippen molar-refractivity contribution in [3.05, 3.63) is 35.9 Å². The molecule has 0 saturated heterocycles. The molecule has 2 rings (SSSR count). The first-order valence-electron chi connectivity index (χ1n) is 7.64. The number of esters is 1. The molecular weight excluding hydrogens is 280 g/mol. The van der Waals surface area contributed by atoms with E-state index in [-0.39, 0.29) is 11.8 Å². The van der Waals surface area contributed by atoms with Crippen molar-refractivity contribution in [1.82, 2.24) is 0 Å². The van der Waals surface area contributed by atoms with E-state index in [9.17, 15) is 9.59 Å². The molecule has 0 aromatic heterocycles. The molecule has 0 heterocycles. The van der Waals surface area contributed by atoms with Crippen LogP contribution in [-0.2, 0) is 14.3 Å². The van der Waals surface area contributed by atoms with Gasteiger partial charge in [-0.2, -0.15) is 0 Å². The van der Waals surface area contributed by atoms with E-state index in [4.69, 9.17) is 9.47 Å². The number of ketones is 1. The first kappa shape index (κ1) is 16.3. The van der Waals surface area contributed by atoms with Crippen LogP contribution in [0.25, 0.3) is 6.08 Å². The van der Waals surface area contributed by atoms with E-state index < -0.39 is 5.41 Å². The van der Waals surface area contributed by atoms with Gasteiger partial charge in [-0.3, -0.25) is 9.59 Å². The Bertz CT molecular complexity index is 576. The lowest BCUT2D eigenvalue weighted by Crippen LogP contribution is -2.36. The predicted octanol–water partition coefficient (Wildman–Crippen LogP) is 3.40. The minimum absolute atomic E-state index is 0.00405. The summed E-state index contributed by atoms with van der Waals surface area (Å²) in [6.45, 7) is 2.06. The normalized spacial score (nSPS) is 21.3. The average Bonchev–Trinajstić information content (AvgIpc) is 2.90. The van der Waals surface area contributed by atoms with Gasteiger partial charge in [-0.05, 0) is 32.3 Å². The highest BCUT2D eigenvalue weighted by atomic mass is 16.5. The maximum atomic E-state index is 12.2. The summed E-state index contributed by atoms with van der Waals surface area (Å²) in [5.41, 5.74) is -0.0661. The van der Waals surface area contributed by atoms with Crippen LogP contribution in [0.15, 0.2) is 30.3 Å². The molecule has 1 aromatic rings. The minimum Gasteiger partial charge on any atom is -0.496 e. The Morgan fingerprint density at radius 2 is 2.14 bits per heavy atom. The molecule has 1 aliphatic rings. The number of carbonyl (C=O) groups excluding carboxylic acids is 2. The van der Waals surface area contributed by atoms with Crippen LogP contribution in [0.3, 0.4) is 0 Å². The highest BCUT2D eigenvalue weighted by molar-refractivity contribution is 6.05. The second-order valence-corrected chi connectivity index (χ2v) is 5.43. The van der Waals surface area contributed by atoms with Crippen molar-refractivity contribution >= 4 is 17.8 Å². The smallest absolute Gasteiger partial charge is 0.319 e. The fraction of sp³-hybridized carbons (Fsp3) is 0.444. The quantitative estimate of drug-likeness (QED) is 0.597. The van der Waals surface area contributed by atoms with Crippen molar-refractivity contribution in [1.29, 1.82) is 0 Å². The van der Waals surface area contributed by atoms with Gasteiger partial charge in [0.25, 0.3) is 0 Å². The molecule has 0 radical (unpaired) electrons. The zero-order chi connectivity index (χ0) is 16.0. The second-order valence-electron chi connectivity index (χ2n) is 5.43. The molecule has 4 heteroatoms. The van der Waals surface area contributed by atoms with Crippen LogP contribution in [0.5, 0.6) is 5.75 Å². The first-order chi connectivity index (χ1) is 10.6. The number of Topliss-reactive ketones (excluding diaryl/α,β-unsaturated/α-hetero) is 1. The Morgan fingerprint density at radius 3 is 2.77 bits per heavy atom. The van der Waals surface area contributed by atoms with E-state index in [1.54, 1.807) is 14.0 Å². The number of methoxy groups -OCH3 is 1. The van der Waals surface area contributed by atoms with Crippen molar-refractivity contribution < 1.29 is 19.1 Å². The van der Waals surface area contributed by atoms with Gasteiger partial charge in [0.05, 0.1) is 13.7 Å². The lowest BCUT2D eigenvalue weighted by atomic mass is 9.81. The van der Waals surface area contributed by atoms with E-state index in [0.29, 0.717) is 25.9 Å². The zero-order valence-electron chi connectivity index (χ0n) is 13.1. The summed E-state index contributed by atoms with van der Waals surface area (Å²) < 4.78 is 10.4. The predicted molar refractivity (Wildman–Crippen MR) is 84.6 cm³/mol. The number of carbonyl (C=O) groups is 2. The standard InChI is InChI=1S/C18H22O4/c1-3-22-17(20)18(13-7-11-16(18)19)12-6-9-14-8-4-5-10-15(14)21-2/h4-6,8-10H,3,7,11-13H2,1-2H3/b9-6+. The molecule has 0 spiro atoms. The van der Waals surface area contributed by atoms with Gasteiger partial charge in [0, 0.05) is 12.0 Å². The highest BCUT2D eigenvalue weighted by Crippen LogP contribution is 2.40. The van der Waals surface area contributed by atoms with E-state index in [2.05, 4.69) is 0 Å². The first-order valence-corrected chi connectivity index (χ1v) is 7.64. The molecule has 22 heavy (non-hydrogen) atoms. The number of hydrogen-bond acceptors (Lipinski definition) is 4. The van der Waals surface area contributed by atoms with Crippen molar-refractivity contribution in [2.45, 2.75) is 32.6 Å². The summed E-state index contributed by atoms with van der Waals surface area (Å²) in [7, 11) is 1.62. The van der Waals surface area contributed by atoms with E-state index in [1.165, 1.54) is 0 Å². The molecule has 1 aliphatic carbocycles. The third-order valence-corrected chi connectivity index (χ3v) is 4.11. The van der Waals surface area contributed by atoms with Crippen molar-refractivity contribution in [2.75, 3.05) is 13.7 Å². The lowest BCUT2D eigenvalue weighted by Gasteiger charge is -2.23. The van der Waals surface area contributed by atoms with Crippen LogP contribution in [0, 0.1) is 5.41 Å². The summed E-state index contributed by atoms with van der Waals surface area (Å²) in [6, 6.07) is 7.63. The van der Waals surface area contributed by atoms with Gasteiger partial charge in [0.15, 0.2) is 5.78 Å². The van der Waals surface area contributed by atoms with Gasteiger partial charge in [0.1, 0.15) is 11.2 Å². The fourth-order valence-corrected chi connectivity index (χ4v) is 2.90. The molecule has 0 N–H and O–H groups in total. The van der Waals surface area contributed by atoms with Gasteiger partial charge in [-0.25, -0.2) is 0 Å². The molecule has 1 aromatic carbocycles. The van der Waals surface area contributed by atoms with Crippen molar-refractivity contribution in [3.8, 4) is 5.75 Å². The van der Waals surface area contributed by atoms with Gasteiger partial charge in [-0.1, -0.05) is 30.4 Å². The van der Waals surface area contributed by atoms with Gasteiger partial charge >= 0.3 is 5.97 Å². The van der Waals surface area contributed by atoms with E-state index in [1.807, 2.05) is 36.4 Å². The molecule has 1 atom stereocenters. The van der Waals surface area contributed by atoms with Crippen LogP contribution in [0.4, 0.5) is 0 Å². The average molecular weight is 302 g/mol. The summed E-state index contributed by atoms with van der Waals surface area (Å²) in [6.07, 6.45) is 5.93. The summed E-state index contributed by atoms with van der Waals surface area (Å²) in [5.74, 6) is 0.375. The van der Waals surface area contributed by atoms with Crippen LogP contribution in [-0.4, -0.2) is 25.5 Å². The Balaban J connectivity index is 2.17. The van der Waals surface area contributed by atoms with Crippen molar-refractivity contribution in [2.24, 2.45) is 5.41 Å². The Labute approximate surface area is 131 Å². The third kappa shape index (κ3) is 3.21. The van der Waals surface area contributed by atoms with Crippen LogP contribution >= 0.6 is 0 Å². The second kappa shape index (κ2) is 7.25. The SMILES string of the molecule is CCOC(=O)C1(C/C=C/c2ccccc2OC)CCCC1=O. The van der Waals surface area contributed by atoms with Crippen molar-refractivity contribution in [3.63, 3.8) is 0 Å². The molecule has 0 amide bonds. The number of allylic oxidation sites excluding steroid dienone is 1. The number of rotatable bonds is 6. The number of para-hydroxylation sites is 1. The maximum Gasteiger partial charge on any atom is 0.319 e. The van der Waals surface area contributed by atoms with E-state index in [0.717, 1.165) is 17.7 Å². The molecular formula is C18H22O4. The third-order valence-electron chi connectivity index (χ3n) is 4.11. The van der Waals surface area contributed by atoms with E-state index >= 15 is 0 Å². The molecule has 0 bridgehead atoms. The summed E-state index contributed by atoms with van der Waals surface area (Å²) >= 11 is 0. The highest BCUT2D eigenvalue weighted by Gasteiger charge is 2.48. The Kier molecular flexibility index (Phi) is 5.36. The number of benzene rings is 1. The monoisotopic (exact) mass is 302 g/mol. The van der Waals surface area contributed by atoms with Crippen LogP contribution in [0.2, 0.25) is 0 Å². The summed E-state index contributed by atoms with van der Waals surface area (Å²) in [5, 5.41) is 0. The topological polar surface area (TPSA) is 52.6 Å². The number of hydrogen-bond donors (Lipinski definition) is 0. The largest absolute Gasteiger partial charge is 0.496 e.